The van der Waals surface area contributed by atoms with Crippen molar-refractivity contribution in [3.05, 3.63) is 63.6 Å². The van der Waals surface area contributed by atoms with Crippen molar-refractivity contribution in [3.8, 4) is 17.6 Å². The van der Waals surface area contributed by atoms with Crippen LogP contribution in [0.25, 0.3) is 6.08 Å². The molecule has 0 spiro atoms. The van der Waals surface area contributed by atoms with Crippen LogP contribution in [0.15, 0.2) is 52.5 Å². The second-order valence-corrected chi connectivity index (χ2v) is 5.68. The van der Waals surface area contributed by atoms with Crippen molar-refractivity contribution in [2.24, 2.45) is 0 Å². The number of nitriles is 1. The molecule has 0 heterocycles. The van der Waals surface area contributed by atoms with Gasteiger partial charge in [-0.15, -0.1) is 0 Å². The lowest BCUT2D eigenvalue weighted by atomic mass is 10.1. The molecule has 0 radical (unpaired) electrons. The molecule has 0 bridgehead atoms. The van der Waals surface area contributed by atoms with Crippen LogP contribution in [-0.2, 0) is 11.4 Å². The zero-order chi connectivity index (χ0) is 17.5. The summed E-state index contributed by atoms with van der Waals surface area (Å²) in [5, 5.41) is 18.0. The molecule has 6 heteroatoms. The highest BCUT2D eigenvalue weighted by atomic mass is 79.9. The quantitative estimate of drug-likeness (QED) is 0.597. The number of benzene rings is 2. The Labute approximate surface area is 147 Å². The Kier molecular flexibility index (Phi) is 5.99. The van der Waals surface area contributed by atoms with E-state index in [4.69, 9.17) is 19.8 Å². The van der Waals surface area contributed by atoms with E-state index < -0.39 is 5.97 Å². The number of carboxylic acid groups (broad SMARTS) is 1. The van der Waals surface area contributed by atoms with Crippen LogP contribution in [0.2, 0.25) is 0 Å². The van der Waals surface area contributed by atoms with Gasteiger partial charge in [0.1, 0.15) is 18.2 Å². The van der Waals surface area contributed by atoms with Crippen LogP contribution in [0.3, 0.4) is 0 Å². The van der Waals surface area contributed by atoms with Gasteiger partial charge in [0.2, 0.25) is 0 Å². The van der Waals surface area contributed by atoms with Crippen LogP contribution in [-0.4, -0.2) is 18.2 Å². The summed E-state index contributed by atoms with van der Waals surface area (Å²) in [4.78, 5) is 11.0. The van der Waals surface area contributed by atoms with Crippen molar-refractivity contribution in [2.75, 3.05) is 7.11 Å². The summed E-state index contributed by atoms with van der Waals surface area (Å²) in [6, 6.07) is 14.4. The lowest BCUT2D eigenvalue weighted by molar-refractivity contribution is -0.132. The Morgan fingerprint density at radius 1 is 1.29 bits per heavy atom. The standard InChI is InChI=1S/C18H14BrNO4/c1-23-16-4-2-3-13(9-14(10-20)18(21)22)17(16)24-11-12-5-7-15(19)8-6-12/h2-9H,11H2,1H3,(H,21,22)/b14-9+. The van der Waals surface area contributed by atoms with E-state index in [9.17, 15) is 4.79 Å². The van der Waals surface area contributed by atoms with Crippen LogP contribution in [0, 0.1) is 11.3 Å². The Hall–Kier alpha value is -2.78. The van der Waals surface area contributed by atoms with E-state index >= 15 is 0 Å². The molecule has 0 aliphatic heterocycles. The first-order valence-electron chi connectivity index (χ1n) is 6.94. The van der Waals surface area contributed by atoms with Gasteiger partial charge in [0, 0.05) is 10.0 Å². The van der Waals surface area contributed by atoms with E-state index in [1.54, 1.807) is 24.3 Å². The Morgan fingerprint density at radius 2 is 2.00 bits per heavy atom. The Balaban J connectivity index is 2.35. The number of hydrogen-bond donors (Lipinski definition) is 1. The molecule has 0 aliphatic rings. The summed E-state index contributed by atoms with van der Waals surface area (Å²) in [6.07, 6.45) is 1.27. The number of para-hydroxylation sites is 1. The number of halogens is 1. The first-order valence-corrected chi connectivity index (χ1v) is 7.73. The summed E-state index contributed by atoms with van der Waals surface area (Å²) < 4.78 is 12.1. The van der Waals surface area contributed by atoms with Crippen LogP contribution >= 0.6 is 15.9 Å². The van der Waals surface area contributed by atoms with Crippen LogP contribution in [0.5, 0.6) is 11.5 Å². The van der Waals surface area contributed by atoms with E-state index in [-0.39, 0.29) is 12.2 Å². The fourth-order valence-corrected chi connectivity index (χ4v) is 2.26. The molecule has 1 N–H and O–H groups in total. The SMILES string of the molecule is COc1cccc(/C=C(\C#N)C(=O)O)c1OCc1ccc(Br)cc1. The maximum Gasteiger partial charge on any atom is 0.346 e. The van der Waals surface area contributed by atoms with Crippen LogP contribution < -0.4 is 9.47 Å². The lowest BCUT2D eigenvalue weighted by Gasteiger charge is -2.13. The zero-order valence-corrected chi connectivity index (χ0v) is 14.4. The van der Waals surface area contributed by atoms with Gasteiger partial charge in [-0.1, -0.05) is 40.2 Å². The van der Waals surface area contributed by atoms with Crippen LogP contribution in [0.4, 0.5) is 0 Å². The molecule has 2 aromatic rings. The van der Waals surface area contributed by atoms with Crippen molar-refractivity contribution in [1.29, 1.82) is 5.26 Å². The van der Waals surface area contributed by atoms with Gasteiger partial charge in [-0.25, -0.2) is 4.79 Å². The summed E-state index contributed by atoms with van der Waals surface area (Å²) in [5.74, 6) is -0.445. The molecule has 0 saturated carbocycles. The lowest BCUT2D eigenvalue weighted by Crippen LogP contribution is -2.01. The molecule has 24 heavy (non-hydrogen) atoms. The molecule has 0 aromatic heterocycles. The number of hydrogen-bond acceptors (Lipinski definition) is 4. The highest BCUT2D eigenvalue weighted by Crippen LogP contribution is 2.33. The molecular formula is C18H14BrNO4. The summed E-state index contributed by atoms with van der Waals surface area (Å²) in [5.41, 5.74) is 1.03. The number of nitrogens with zero attached hydrogens (tertiary/aromatic N) is 1. The number of methoxy groups -OCH3 is 1. The number of carboxylic acids is 1. The number of ether oxygens (including phenoxy) is 2. The van der Waals surface area contributed by atoms with E-state index in [2.05, 4.69) is 15.9 Å². The predicted molar refractivity (Wildman–Crippen MR) is 92.7 cm³/mol. The van der Waals surface area contributed by atoms with E-state index in [1.807, 2.05) is 24.3 Å². The van der Waals surface area contributed by atoms with Crippen LogP contribution in [0.1, 0.15) is 11.1 Å². The second-order valence-electron chi connectivity index (χ2n) is 4.77. The highest BCUT2D eigenvalue weighted by molar-refractivity contribution is 9.10. The van der Waals surface area contributed by atoms with E-state index in [0.717, 1.165) is 10.0 Å². The minimum Gasteiger partial charge on any atom is -0.493 e. The number of carbonyl (C=O) groups is 1. The molecule has 0 atom stereocenters. The average molecular weight is 388 g/mol. The van der Waals surface area contributed by atoms with Crippen molar-refractivity contribution < 1.29 is 19.4 Å². The number of aliphatic carboxylic acids is 1. The first kappa shape index (κ1) is 17.6. The molecule has 2 rings (SSSR count). The van der Waals surface area contributed by atoms with Gasteiger partial charge < -0.3 is 14.6 Å². The van der Waals surface area contributed by atoms with Gasteiger partial charge in [0.15, 0.2) is 11.5 Å². The second kappa shape index (κ2) is 8.18. The van der Waals surface area contributed by atoms with Crippen molar-refractivity contribution in [2.45, 2.75) is 6.61 Å². The number of rotatable bonds is 6. The largest absolute Gasteiger partial charge is 0.493 e. The third kappa shape index (κ3) is 4.37. The third-order valence-electron chi connectivity index (χ3n) is 3.18. The molecule has 0 saturated heterocycles. The average Bonchev–Trinajstić information content (AvgIpc) is 2.59. The predicted octanol–water partition coefficient (Wildman–Crippen LogP) is 4.03. The monoisotopic (exact) mass is 387 g/mol. The molecule has 0 amide bonds. The van der Waals surface area contributed by atoms with Gasteiger partial charge in [-0.05, 0) is 29.8 Å². The summed E-state index contributed by atoms with van der Waals surface area (Å²) >= 11 is 3.37. The fourth-order valence-electron chi connectivity index (χ4n) is 2.00. The molecule has 5 nitrogen and oxygen atoms in total. The summed E-state index contributed by atoms with van der Waals surface area (Å²) in [7, 11) is 1.50. The van der Waals surface area contributed by atoms with E-state index in [1.165, 1.54) is 13.2 Å². The molecule has 122 valence electrons. The smallest absolute Gasteiger partial charge is 0.346 e. The third-order valence-corrected chi connectivity index (χ3v) is 3.71. The molecular weight excluding hydrogens is 374 g/mol. The Morgan fingerprint density at radius 3 is 2.58 bits per heavy atom. The van der Waals surface area contributed by atoms with Gasteiger partial charge in [-0.2, -0.15) is 5.26 Å². The van der Waals surface area contributed by atoms with Crippen molar-refractivity contribution in [1.82, 2.24) is 0 Å². The fraction of sp³-hybridized carbons (Fsp3) is 0.111. The molecule has 0 fully saturated rings. The topological polar surface area (TPSA) is 79.5 Å². The minimum absolute atomic E-state index is 0.281. The maximum absolute atomic E-state index is 11.0. The Bertz CT molecular complexity index is 807. The van der Waals surface area contributed by atoms with Gasteiger partial charge in [-0.3, -0.25) is 0 Å². The summed E-state index contributed by atoms with van der Waals surface area (Å²) in [6.45, 7) is 0.281. The normalized spacial score (nSPS) is 10.8. The highest BCUT2D eigenvalue weighted by Gasteiger charge is 2.13. The van der Waals surface area contributed by atoms with Crippen molar-refractivity contribution in [3.63, 3.8) is 0 Å². The first-order chi connectivity index (χ1) is 11.5. The van der Waals surface area contributed by atoms with E-state index in [0.29, 0.717) is 17.1 Å². The van der Waals surface area contributed by atoms with Crippen molar-refractivity contribution >= 4 is 28.0 Å². The maximum atomic E-state index is 11.0. The van der Waals surface area contributed by atoms with Gasteiger partial charge >= 0.3 is 5.97 Å². The zero-order valence-electron chi connectivity index (χ0n) is 12.8. The minimum atomic E-state index is -1.29. The molecule has 0 unspecified atom stereocenters. The molecule has 0 aliphatic carbocycles. The van der Waals surface area contributed by atoms with Gasteiger partial charge in [0.25, 0.3) is 0 Å². The van der Waals surface area contributed by atoms with Gasteiger partial charge in [0.05, 0.1) is 7.11 Å². The molecule has 2 aromatic carbocycles.